The number of halogens is 1. The van der Waals surface area contributed by atoms with Gasteiger partial charge in [-0.15, -0.1) is 0 Å². The Kier molecular flexibility index (Phi) is 5.48. The highest BCUT2D eigenvalue weighted by Gasteiger charge is 2.49. The van der Waals surface area contributed by atoms with Gasteiger partial charge in [0.2, 0.25) is 5.91 Å². The van der Waals surface area contributed by atoms with Gasteiger partial charge in [-0.2, -0.15) is 4.99 Å². The minimum Gasteiger partial charge on any atom is -0.315 e. The van der Waals surface area contributed by atoms with Gasteiger partial charge in [-0.25, -0.2) is 12.8 Å². The molecule has 1 amide bonds. The lowest BCUT2D eigenvalue weighted by molar-refractivity contribution is -0.117. The molecule has 0 saturated carbocycles. The molecule has 0 aromatic heterocycles. The number of rotatable bonds is 4. The number of aryl methyl sites for hydroxylation is 2. The van der Waals surface area contributed by atoms with Gasteiger partial charge in [-0.3, -0.25) is 4.79 Å². The van der Waals surface area contributed by atoms with Crippen molar-refractivity contribution in [3.63, 3.8) is 0 Å². The van der Waals surface area contributed by atoms with Crippen LogP contribution in [0.15, 0.2) is 53.5 Å². The van der Waals surface area contributed by atoms with Crippen LogP contribution in [0.2, 0.25) is 0 Å². The van der Waals surface area contributed by atoms with Crippen LogP contribution in [0, 0.1) is 12.7 Å². The quantitative estimate of drug-likeness (QED) is 0.741. The number of amides is 1. The second-order valence-corrected chi connectivity index (χ2v) is 10.7. The van der Waals surface area contributed by atoms with Gasteiger partial charge in [0.05, 0.1) is 17.5 Å². The van der Waals surface area contributed by atoms with Crippen molar-refractivity contribution in [3.05, 3.63) is 65.5 Å². The average Bonchev–Trinajstić information content (AvgIpc) is 3.14. The maximum absolute atomic E-state index is 14.2. The zero-order valence-electron chi connectivity index (χ0n) is 15.9. The number of aliphatic imine (C=N–C) groups is 1. The fourth-order valence-corrected chi connectivity index (χ4v) is 7.59. The van der Waals surface area contributed by atoms with E-state index < -0.39 is 9.84 Å². The molecule has 2 aliphatic rings. The SMILES string of the molecule is Cc1ccc(N2C(=NC(=O)CCc3ccccc3)SC3CS(=O)(=O)CC32)cc1F. The van der Waals surface area contributed by atoms with Crippen molar-refractivity contribution in [2.45, 2.75) is 31.1 Å². The number of carbonyl (C=O) groups excluding carboxylic acids is 1. The number of sulfone groups is 1. The molecule has 5 nitrogen and oxygen atoms in total. The lowest BCUT2D eigenvalue weighted by atomic mass is 10.1. The number of anilines is 1. The summed E-state index contributed by atoms with van der Waals surface area (Å²) in [7, 11) is -3.16. The van der Waals surface area contributed by atoms with E-state index in [4.69, 9.17) is 0 Å². The van der Waals surface area contributed by atoms with E-state index >= 15 is 0 Å². The summed E-state index contributed by atoms with van der Waals surface area (Å²) in [6, 6.07) is 14.1. The van der Waals surface area contributed by atoms with Crippen LogP contribution in [0.1, 0.15) is 17.5 Å². The summed E-state index contributed by atoms with van der Waals surface area (Å²) in [6.07, 6.45) is 0.847. The zero-order valence-corrected chi connectivity index (χ0v) is 17.5. The van der Waals surface area contributed by atoms with Gasteiger partial charge in [0.15, 0.2) is 15.0 Å². The first-order valence-corrected chi connectivity index (χ1v) is 12.1. The lowest BCUT2D eigenvalue weighted by Gasteiger charge is -2.24. The zero-order chi connectivity index (χ0) is 20.6. The van der Waals surface area contributed by atoms with Gasteiger partial charge < -0.3 is 4.90 Å². The standard InChI is InChI=1S/C21H21FN2O3S2/c1-14-7-9-16(11-17(14)22)24-18-12-29(26,27)13-19(18)28-21(24)23-20(25)10-8-15-5-3-2-4-6-15/h2-7,9,11,18-19H,8,10,12-13H2,1H3. The largest absolute Gasteiger partial charge is 0.315 e. The lowest BCUT2D eigenvalue weighted by Crippen LogP contribution is -2.37. The molecular weight excluding hydrogens is 411 g/mol. The molecule has 0 radical (unpaired) electrons. The van der Waals surface area contributed by atoms with Gasteiger partial charge >= 0.3 is 0 Å². The number of fused-ring (bicyclic) bond motifs is 1. The Hall–Kier alpha value is -2.19. The first kappa shape index (κ1) is 20.1. The molecule has 0 N–H and O–H groups in total. The molecule has 2 atom stereocenters. The van der Waals surface area contributed by atoms with E-state index in [1.165, 1.54) is 17.8 Å². The Morgan fingerprint density at radius 2 is 1.97 bits per heavy atom. The minimum absolute atomic E-state index is 0.0165. The molecule has 4 rings (SSSR count). The molecule has 2 aromatic rings. The van der Waals surface area contributed by atoms with Crippen molar-refractivity contribution in [1.29, 1.82) is 0 Å². The predicted molar refractivity (Wildman–Crippen MR) is 115 cm³/mol. The molecule has 2 saturated heterocycles. The van der Waals surface area contributed by atoms with Crippen LogP contribution in [-0.4, -0.2) is 42.3 Å². The van der Waals surface area contributed by atoms with Crippen LogP contribution in [0.5, 0.6) is 0 Å². The molecule has 0 aliphatic carbocycles. The Balaban J connectivity index is 1.59. The van der Waals surface area contributed by atoms with Crippen molar-refractivity contribution in [2.75, 3.05) is 16.4 Å². The molecule has 152 valence electrons. The third-order valence-corrected chi connectivity index (χ3v) is 8.40. The summed E-state index contributed by atoms with van der Waals surface area (Å²) >= 11 is 1.30. The molecule has 2 unspecified atom stereocenters. The Labute approximate surface area is 173 Å². The molecule has 2 aromatic carbocycles. The molecule has 0 spiro atoms. The van der Waals surface area contributed by atoms with Crippen LogP contribution in [-0.2, 0) is 21.1 Å². The number of nitrogens with zero attached hydrogens (tertiary/aromatic N) is 2. The van der Waals surface area contributed by atoms with Gasteiger partial charge in [0.1, 0.15) is 5.82 Å². The van der Waals surface area contributed by atoms with Gasteiger partial charge in [0.25, 0.3) is 0 Å². The number of thioether (sulfide) groups is 1. The Morgan fingerprint density at radius 1 is 1.21 bits per heavy atom. The summed E-state index contributed by atoms with van der Waals surface area (Å²) in [4.78, 5) is 18.5. The topological polar surface area (TPSA) is 66.8 Å². The fraction of sp³-hybridized carbons (Fsp3) is 0.333. The fourth-order valence-electron chi connectivity index (χ4n) is 3.66. The summed E-state index contributed by atoms with van der Waals surface area (Å²) in [5, 5.41) is 0.251. The second kappa shape index (κ2) is 7.91. The van der Waals surface area contributed by atoms with Crippen LogP contribution in [0.4, 0.5) is 10.1 Å². The van der Waals surface area contributed by atoms with Crippen LogP contribution < -0.4 is 4.90 Å². The minimum atomic E-state index is -3.16. The molecule has 2 heterocycles. The molecule has 29 heavy (non-hydrogen) atoms. The smallest absolute Gasteiger partial charge is 0.248 e. The molecule has 2 fully saturated rings. The molecule has 0 bridgehead atoms. The van der Waals surface area contributed by atoms with E-state index in [1.807, 2.05) is 30.3 Å². The van der Waals surface area contributed by atoms with Gasteiger partial charge in [0, 0.05) is 17.4 Å². The van der Waals surface area contributed by atoms with Gasteiger partial charge in [-0.05, 0) is 36.6 Å². The van der Waals surface area contributed by atoms with E-state index in [2.05, 4.69) is 4.99 Å². The van der Waals surface area contributed by atoms with Crippen molar-refractivity contribution in [3.8, 4) is 0 Å². The van der Waals surface area contributed by atoms with E-state index in [0.29, 0.717) is 22.8 Å². The van der Waals surface area contributed by atoms with E-state index in [0.717, 1.165) is 5.56 Å². The number of amidine groups is 1. The summed E-state index contributed by atoms with van der Waals surface area (Å²) in [5.41, 5.74) is 2.09. The van der Waals surface area contributed by atoms with E-state index in [1.54, 1.807) is 24.0 Å². The Morgan fingerprint density at radius 3 is 2.69 bits per heavy atom. The molecule has 8 heteroatoms. The summed E-state index contributed by atoms with van der Waals surface area (Å²) < 4.78 is 38.4. The number of benzene rings is 2. The first-order valence-electron chi connectivity index (χ1n) is 9.40. The normalized spacial score (nSPS) is 24.1. The van der Waals surface area contributed by atoms with Crippen molar-refractivity contribution in [1.82, 2.24) is 0 Å². The third-order valence-electron chi connectivity index (χ3n) is 5.19. The van der Waals surface area contributed by atoms with Crippen molar-refractivity contribution < 1.29 is 17.6 Å². The monoisotopic (exact) mass is 432 g/mol. The predicted octanol–water partition coefficient (Wildman–Crippen LogP) is 3.37. The number of hydrogen-bond donors (Lipinski definition) is 0. The maximum atomic E-state index is 14.2. The Bertz CT molecular complexity index is 1070. The first-order chi connectivity index (χ1) is 13.8. The highest BCUT2D eigenvalue weighted by Crippen LogP contribution is 2.41. The maximum Gasteiger partial charge on any atom is 0.248 e. The highest BCUT2D eigenvalue weighted by atomic mass is 32.2. The average molecular weight is 433 g/mol. The summed E-state index contributed by atoms with van der Waals surface area (Å²) in [5.74, 6) is -0.606. The van der Waals surface area contributed by atoms with E-state index in [-0.39, 0.29) is 40.9 Å². The molecular formula is C21H21FN2O3S2. The third kappa shape index (κ3) is 4.38. The number of carbonyl (C=O) groups is 1. The van der Waals surface area contributed by atoms with E-state index in [9.17, 15) is 17.6 Å². The van der Waals surface area contributed by atoms with Crippen LogP contribution in [0.25, 0.3) is 0 Å². The van der Waals surface area contributed by atoms with Crippen LogP contribution >= 0.6 is 11.8 Å². The van der Waals surface area contributed by atoms with Crippen LogP contribution in [0.3, 0.4) is 0 Å². The van der Waals surface area contributed by atoms with Gasteiger partial charge in [-0.1, -0.05) is 48.2 Å². The summed E-state index contributed by atoms with van der Waals surface area (Å²) in [6.45, 7) is 1.67. The van der Waals surface area contributed by atoms with Crippen molar-refractivity contribution >= 4 is 38.4 Å². The number of hydrogen-bond acceptors (Lipinski definition) is 4. The second-order valence-electron chi connectivity index (χ2n) is 7.38. The highest BCUT2D eigenvalue weighted by molar-refractivity contribution is 8.16. The van der Waals surface area contributed by atoms with Crippen molar-refractivity contribution in [2.24, 2.45) is 4.99 Å². The molecule has 2 aliphatic heterocycles.